The highest BCUT2D eigenvalue weighted by atomic mass is 14.4. The van der Waals surface area contributed by atoms with Crippen LogP contribution < -0.4 is 0 Å². The molecule has 1 radical (unpaired) electrons. The van der Waals surface area contributed by atoms with Crippen molar-refractivity contribution in [3.8, 4) is 0 Å². The van der Waals surface area contributed by atoms with Crippen LogP contribution in [0, 0.1) is 23.8 Å². The van der Waals surface area contributed by atoms with Crippen molar-refractivity contribution in [1.29, 1.82) is 0 Å². The van der Waals surface area contributed by atoms with E-state index >= 15 is 0 Å². The Morgan fingerprint density at radius 1 is 1.29 bits per heavy atom. The molecule has 0 bridgehead atoms. The number of unbranched alkanes of at least 4 members (excludes halogenated alkanes) is 1. The van der Waals surface area contributed by atoms with Gasteiger partial charge in [0, 0.05) is 0 Å². The van der Waals surface area contributed by atoms with Gasteiger partial charge in [-0.15, -0.1) is 0 Å². The lowest BCUT2D eigenvalue weighted by atomic mass is 9.67. The van der Waals surface area contributed by atoms with Crippen molar-refractivity contribution in [2.24, 2.45) is 17.8 Å². The van der Waals surface area contributed by atoms with Crippen molar-refractivity contribution in [2.45, 2.75) is 58.3 Å². The second kappa shape index (κ2) is 5.00. The van der Waals surface area contributed by atoms with Crippen LogP contribution in [0.2, 0.25) is 0 Å². The van der Waals surface area contributed by atoms with E-state index in [-0.39, 0.29) is 0 Å². The van der Waals surface area contributed by atoms with E-state index in [0.717, 1.165) is 17.8 Å². The summed E-state index contributed by atoms with van der Waals surface area (Å²) < 4.78 is 0. The fraction of sp³-hybridized carbons (Fsp3) is 0.857. The Morgan fingerprint density at radius 3 is 3.00 bits per heavy atom. The molecule has 3 unspecified atom stereocenters. The smallest absolute Gasteiger partial charge is 0.0131 e. The van der Waals surface area contributed by atoms with Crippen LogP contribution in [0.25, 0.3) is 0 Å². The first kappa shape index (κ1) is 10.3. The molecule has 1 saturated carbocycles. The zero-order valence-corrected chi connectivity index (χ0v) is 9.47. The largest absolute Gasteiger partial charge is 0.0805 e. The summed E-state index contributed by atoms with van der Waals surface area (Å²) in [5, 5.41) is 0. The number of rotatable bonds is 3. The van der Waals surface area contributed by atoms with Crippen LogP contribution in [0.15, 0.2) is 6.08 Å². The summed E-state index contributed by atoms with van der Waals surface area (Å²) in [5.74, 6) is 2.83. The second-order valence-electron chi connectivity index (χ2n) is 5.06. The molecule has 0 heteroatoms. The number of allylic oxidation sites excluding steroid dienone is 2. The van der Waals surface area contributed by atoms with Crippen LogP contribution in [0.4, 0.5) is 0 Å². The fourth-order valence-electron chi connectivity index (χ4n) is 3.27. The molecule has 0 amide bonds. The molecule has 1 fully saturated rings. The summed E-state index contributed by atoms with van der Waals surface area (Å²) in [7, 11) is 0. The summed E-state index contributed by atoms with van der Waals surface area (Å²) in [5.41, 5.74) is 0. The SMILES string of the molecule is CCCCC1CC=[C]C2CCCCC21. The van der Waals surface area contributed by atoms with Crippen LogP contribution in [-0.2, 0) is 0 Å². The molecule has 0 aromatic carbocycles. The van der Waals surface area contributed by atoms with E-state index < -0.39 is 0 Å². The van der Waals surface area contributed by atoms with Gasteiger partial charge in [-0.1, -0.05) is 38.7 Å². The maximum Gasteiger partial charge on any atom is -0.0131 e. The number of hydrogen-bond donors (Lipinski definition) is 0. The molecule has 3 atom stereocenters. The van der Waals surface area contributed by atoms with Crippen molar-refractivity contribution >= 4 is 0 Å². The van der Waals surface area contributed by atoms with Gasteiger partial charge in [0.25, 0.3) is 0 Å². The van der Waals surface area contributed by atoms with Crippen LogP contribution in [-0.4, -0.2) is 0 Å². The maximum absolute atomic E-state index is 3.60. The van der Waals surface area contributed by atoms with Gasteiger partial charge in [-0.2, -0.15) is 0 Å². The summed E-state index contributed by atoms with van der Waals surface area (Å²) in [6.45, 7) is 2.31. The Labute approximate surface area is 88.8 Å². The van der Waals surface area contributed by atoms with Crippen LogP contribution in [0.3, 0.4) is 0 Å². The van der Waals surface area contributed by atoms with Gasteiger partial charge in [-0.25, -0.2) is 0 Å². The molecule has 2 aliphatic rings. The highest BCUT2D eigenvalue weighted by molar-refractivity contribution is 4.96. The summed E-state index contributed by atoms with van der Waals surface area (Å²) in [6, 6.07) is 0. The quantitative estimate of drug-likeness (QED) is 0.621. The highest BCUT2D eigenvalue weighted by Crippen LogP contribution is 2.41. The minimum atomic E-state index is 0.833. The van der Waals surface area contributed by atoms with E-state index in [0.29, 0.717) is 0 Å². The number of hydrogen-bond acceptors (Lipinski definition) is 0. The van der Waals surface area contributed by atoms with Crippen molar-refractivity contribution < 1.29 is 0 Å². The summed E-state index contributed by atoms with van der Waals surface area (Å²) >= 11 is 0. The normalized spacial score (nSPS) is 36.8. The molecular weight excluding hydrogens is 168 g/mol. The molecule has 14 heavy (non-hydrogen) atoms. The first-order chi connectivity index (χ1) is 6.92. The minimum absolute atomic E-state index is 0.833. The van der Waals surface area contributed by atoms with Gasteiger partial charge in [0.15, 0.2) is 0 Å². The molecule has 0 N–H and O–H groups in total. The zero-order valence-electron chi connectivity index (χ0n) is 9.47. The van der Waals surface area contributed by atoms with Crippen LogP contribution >= 0.6 is 0 Å². The van der Waals surface area contributed by atoms with E-state index in [1.807, 2.05) is 0 Å². The lowest BCUT2D eigenvalue weighted by molar-refractivity contribution is 0.166. The van der Waals surface area contributed by atoms with E-state index in [1.165, 1.54) is 51.4 Å². The van der Waals surface area contributed by atoms with Crippen molar-refractivity contribution in [1.82, 2.24) is 0 Å². The average Bonchev–Trinajstić information content (AvgIpc) is 2.26. The van der Waals surface area contributed by atoms with E-state index in [4.69, 9.17) is 0 Å². The van der Waals surface area contributed by atoms with Crippen molar-refractivity contribution in [3.63, 3.8) is 0 Å². The Hall–Kier alpha value is -0.260. The van der Waals surface area contributed by atoms with Crippen molar-refractivity contribution in [2.75, 3.05) is 0 Å². The topological polar surface area (TPSA) is 0 Å². The van der Waals surface area contributed by atoms with Gasteiger partial charge in [-0.3, -0.25) is 0 Å². The Bertz CT molecular complexity index is 192. The third-order valence-corrected chi connectivity index (χ3v) is 4.11. The standard InChI is InChI=1S/C14H23/c1-2-3-7-12-9-6-10-13-8-4-5-11-14(12)13/h6,12-14H,2-5,7-9,11H2,1H3. The molecule has 0 aromatic heterocycles. The molecule has 2 rings (SSSR count). The number of fused-ring (bicyclic) bond motifs is 1. The third-order valence-electron chi connectivity index (χ3n) is 4.11. The van der Waals surface area contributed by atoms with Gasteiger partial charge in [0.05, 0.1) is 0 Å². The fourth-order valence-corrected chi connectivity index (χ4v) is 3.27. The second-order valence-corrected chi connectivity index (χ2v) is 5.06. The summed E-state index contributed by atoms with van der Waals surface area (Å²) in [4.78, 5) is 0. The summed E-state index contributed by atoms with van der Waals surface area (Å²) in [6.07, 6.45) is 17.4. The van der Waals surface area contributed by atoms with Crippen LogP contribution in [0.1, 0.15) is 58.3 Å². The van der Waals surface area contributed by atoms with Gasteiger partial charge in [0.2, 0.25) is 0 Å². The molecule has 2 aliphatic carbocycles. The predicted octanol–water partition coefficient (Wildman–Crippen LogP) is 4.36. The lowest BCUT2D eigenvalue weighted by Crippen LogP contribution is -2.28. The molecular formula is C14H23. The lowest BCUT2D eigenvalue weighted by Gasteiger charge is -2.38. The zero-order chi connectivity index (χ0) is 9.80. The highest BCUT2D eigenvalue weighted by Gasteiger charge is 2.31. The molecule has 0 aliphatic heterocycles. The molecule has 0 saturated heterocycles. The monoisotopic (exact) mass is 191 g/mol. The van der Waals surface area contributed by atoms with E-state index in [2.05, 4.69) is 19.1 Å². The maximum atomic E-state index is 3.60. The van der Waals surface area contributed by atoms with Gasteiger partial charge < -0.3 is 0 Å². The molecule has 0 heterocycles. The molecule has 0 spiro atoms. The first-order valence-electron chi connectivity index (χ1n) is 6.49. The van der Waals surface area contributed by atoms with Gasteiger partial charge in [0.1, 0.15) is 0 Å². The van der Waals surface area contributed by atoms with Crippen molar-refractivity contribution in [3.05, 3.63) is 12.2 Å². The van der Waals surface area contributed by atoms with Gasteiger partial charge in [-0.05, 0) is 49.5 Å². The Kier molecular flexibility index (Phi) is 3.67. The molecule has 0 nitrogen and oxygen atoms in total. The van der Waals surface area contributed by atoms with E-state index in [9.17, 15) is 0 Å². The van der Waals surface area contributed by atoms with Crippen LogP contribution in [0.5, 0.6) is 0 Å². The molecule has 79 valence electrons. The minimum Gasteiger partial charge on any atom is -0.0805 e. The Morgan fingerprint density at radius 2 is 2.14 bits per heavy atom. The molecule has 0 aromatic rings. The average molecular weight is 191 g/mol. The van der Waals surface area contributed by atoms with Gasteiger partial charge >= 0.3 is 0 Å². The Balaban J connectivity index is 1.93. The predicted molar refractivity (Wildman–Crippen MR) is 60.9 cm³/mol. The van der Waals surface area contributed by atoms with E-state index in [1.54, 1.807) is 0 Å². The first-order valence-corrected chi connectivity index (χ1v) is 6.49. The third kappa shape index (κ3) is 2.21.